The number of nitriles is 1. The Morgan fingerprint density at radius 2 is 1.85 bits per heavy atom. The fourth-order valence-corrected chi connectivity index (χ4v) is 1.66. The zero-order valence-corrected chi connectivity index (χ0v) is 10.4. The number of hydrogen-bond acceptors (Lipinski definition) is 5. The van der Waals surface area contributed by atoms with Crippen LogP contribution in [0, 0.1) is 21.4 Å². The maximum Gasteiger partial charge on any atom is 0.287 e. The van der Waals surface area contributed by atoms with Gasteiger partial charge in [0.2, 0.25) is 0 Å². The molecule has 0 atom stereocenters. The topological polar surface area (TPSA) is 102 Å². The quantitative estimate of drug-likeness (QED) is 0.679. The maximum absolute atomic E-state index is 10.7. The van der Waals surface area contributed by atoms with Crippen LogP contribution in [-0.4, -0.2) is 4.92 Å². The number of nitro groups is 1. The molecule has 0 aliphatic heterocycles. The summed E-state index contributed by atoms with van der Waals surface area (Å²) in [7, 11) is 0. The van der Waals surface area contributed by atoms with Crippen molar-refractivity contribution < 1.29 is 9.66 Å². The van der Waals surface area contributed by atoms with Crippen molar-refractivity contribution in [2.75, 3.05) is 0 Å². The molecule has 6 heteroatoms. The summed E-state index contributed by atoms with van der Waals surface area (Å²) in [4.78, 5) is 10.1. The third kappa shape index (κ3) is 2.91. The molecule has 0 spiro atoms. The number of nitro benzene ring substituents is 1. The molecule has 0 saturated carbocycles. The molecule has 0 unspecified atom stereocenters. The molecule has 100 valence electrons. The van der Waals surface area contributed by atoms with Crippen molar-refractivity contribution in [3.8, 4) is 17.6 Å². The minimum atomic E-state index is -0.599. The highest BCUT2D eigenvalue weighted by atomic mass is 16.6. The van der Waals surface area contributed by atoms with E-state index in [2.05, 4.69) is 0 Å². The highest BCUT2D eigenvalue weighted by Gasteiger charge is 2.14. The number of nitrogens with zero attached hydrogens (tertiary/aromatic N) is 2. The van der Waals surface area contributed by atoms with Crippen LogP contribution in [-0.2, 0) is 6.54 Å². The smallest absolute Gasteiger partial charge is 0.287 e. The van der Waals surface area contributed by atoms with E-state index < -0.39 is 4.92 Å². The molecular formula is C14H11N3O3. The predicted molar refractivity (Wildman–Crippen MR) is 72.2 cm³/mol. The molecule has 2 aromatic rings. The lowest BCUT2D eigenvalue weighted by Gasteiger charge is -2.06. The van der Waals surface area contributed by atoms with E-state index in [1.807, 2.05) is 12.1 Å². The Kier molecular flexibility index (Phi) is 3.93. The second kappa shape index (κ2) is 5.82. The molecule has 0 aromatic heterocycles. The van der Waals surface area contributed by atoms with Gasteiger partial charge >= 0.3 is 0 Å². The van der Waals surface area contributed by atoms with Gasteiger partial charge in [0.1, 0.15) is 23.1 Å². The van der Waals surface area contributed by atoms with Crippen LogP contribution >= 0.6 is 0 Å². The average molecular weight is 269 g/mol. The Hall–Kier alpha value is -2.91. The predicted octanol–water partition coefficient (Wildman–Crippen LogP) is 2.72. The van der Waals surface area contributed by atoms with Gasteiger partial charge in [-0.1, -0.05) is 12.1 Å². The van der Waals surface area contributed by atoms with E-state index in [0.29, 0.717) is 18.0 Å². The standard InChI is InChI=1S/C14H11N3O3/c15-8-10-1-3-12(4-2-10)20-13-5-6-14(17(18)19)11(7-13)9-16/h1-7H,8,15H2. The normalized spacial score (nSPS) is 9.80. The number of hydrogen-bond donors (Lipinski definition) is 1. The summed E-state index contributed by atoms with van der Waals surface area (Å²) in [5, 5.41) is 19.6. The zero-order valence-electron chi connectivity index (χ0n) is 10.4. The Morgan fingerprint density at radius 1 is 1.20 bits per heavy atom. The van der Waals surface area contributed by atoms with Gasteiger partial charge in [0, 0.05) is 18.7 Å². The van der Waals surface area contributed by atoms with Crippen molar-refractivity contribution in [2.24, 2.45) is 5.73 Å². The van der Waals surface area contributed by atoms with Crippen LogP contribution in [0.3, 0.4) is 0 Å². The largest absolute Gasteiger partial charge is 0.457 e. The van der Waals surface area contributed by atoms with Crippen LogP contribution in [0.25, 0.3) is 0 Å². The molecule has 20 heavy (non-hydrogen) atoms. The molecule has 0 heterocycles. The fourth-order valence-electron chi connectivity index (χ4n) is 1.66. The lowest BCUT2D eigenvalue weighted by atomic mass is 10.2. The SMILES string of the molecule is N#Cc1cc(Oc2ccc(CN)cc2)ccc1[N+](=O)[O-]. The van der Waals surface area contributed by atoms with E-state index in [9.17, 15) is 10.1 Å². The lowest BCUT2D eigenvalue weighted by molar-refractivity contribution is -0.385. The summed E-state index contributed by atoms with van der Waals surface area (Å²) in [5.74, 6) is 0.938. The lowest BCUT2D eigenvalue weighted by Crippen LogP contribution is -1.96. The van der Waals surface area contributed by atoms with Gasteiger partial charge in [-0.2, -0.15) is 5.26 Å². The molecule has 6 nitrogen and oxygen atoms in total. The van der Waals surface area contributed by atoms with Gasteiger partial charge in [0.25, 0.3) is 5.69 Å². The van der Waals surface area contributed by atoms with Gasteiger partial charge in [0.05, 0.1) is 4.92 Å². The first-order chi connectivity index (χ1) is 9.63. The first kappa shape index (κ1) is 13.5. The summed E-state index contributed by atoms with van der Waals surface area (Å²) in [5.41, 5.74) is 6.19. The summed E-state index contributed by atoms with van der Waals surface area (Å²) in [6, 6.07) is 13.0. The number of nitrogens with two attached hydrogens (primary N) is 1. The second-order valence-corrected chi connectivity index (χ2v) is 4.00. The molecule has 2 N–H and O–H groups in total. The summed E-state index contributed by atoms with van der Waals surface area (Å²) in [6.45, 7) is 0.441. The molecule has 0 aliphatic carbocycles. The van der Waals surface area contributed by atoms with Gasteiger partial charge in [-0.3, -0.25) is 10.1 Å². The van der Waals surface area contributed by atoms with E-state index in [4.69, 9.17) is 15.7 Å². The van der Waals surface area contributed by atoms with Crippen molar-refractivity contribution in [1.29, 1.82) is 5.26 Å². The van der Waals surface area contributed by atoms with Crippen molar-refractivity contribution in [3.63, 3.8) is 0 Å². The van der Waals surface area contributed by atoms with Crippen LogP contribution in [0.15, 0.2) is 42.5 Å². The zero-order chi connectivity index (χ0) is 14.5. The molecule has 0 bridgehead atoms. The molecule has 0 aliphatic rings. The van der Waals surface area contributed by atoms with Crippen LogP contribution in [0.2, 0.25) is 0 Å². The van der Waals surface area contributed by atoms with E-state index in [0.717, 1.165) is 5.56 Å². The third-order valence-corrected chi connectivity index (χ3v) is 2.68. The van der Waals surface area contributed by atoms with Crippen molar-refractivity contribution >= 4 is 5.69 Å². The van der Waals surface area contributed by atoms with Crippen molar-refractivity contribution in [3.05, 3.63) is 63.7 Å². The van der Waals surface area contributed by atoms with E-state index >= 15 is 0 Å². The summed E-state index contributed by atoms with van der Waals surface area (Å²) < 4.78 is 5.54. The van der Waals surface area contributed by atoms with Crippen LogP contribution in [0.1, 0.15) is 11.1 Å². The third-order valence-electron chi connectivity index (χ3n) is 2.68. The minimum absolute atomic E-state index is 0.0360. The number of rotatable bonds is 4. The highest BCUT2D eigenvalue weighted by molar-refractivity contribution is 5.52. The molecule has 0 amide bonds. The van der Waals surface area contributed by atoms with Crippen LogP contribution in [0.5, 0.6) is 11.5 Å². The molecule has 2 rings (SSSR count). The Morgan fingerprint density at radius 3 is 2.40 bits per heavy atom. The molecule has 0 radical (unpaired) electrons. The van der Waals surface area contributed by atoms with Crippen molar-refractivity contribution in [1.82, 2.24) is 0 Å². The molecular weight excluding hydrogens is 258 g/mol. The molecule has 0 fully saturated rings. The van der Waals surface area contributed by atoms with Crippen LogP contribution in [0.4, 0.5) is 5.69 Å². The van der Waals surface area contributed by atoms with Crippen LogP contribution < -0.4 is 10.5 Å². The number of benzene rings is 2. The Bertz CT molecular complexity index is 675. The van der Waals surface area contributed by atoms with E-state index in [-0.39, 0.29) is 11.3 Å². The van der Waals surface area contributed by atoms with Gasteiger partial charge in [-0.15, -0.1) is 0 Å². The highest BCUT2D eigenvalue weighted by Crippen LogP contribution is 2.27. The summed E-state index contributed by atoms with van der Waals surface area (Å²) in [6.07, 6.45) is 0. The average Bonchev–Trinajstić information content (AvgIpc) is 2.47. The van der Waals surface area contributed by atoms with Gasteiger partial charge < -0.3 is 10.5 Å². The van der Waals surface area contributed by atoms with E-state index in [1.54, 1.807) is 18.2 Å². The maximum atomic E-state index is 10.7. The van der Waals surface area contributed by atoms with Gasteiger partial charge in [-0.05, 0) is 23.8 Å². The van der Waals surface area contributed by atoms with Gasteiger partial charge in [-0.25, -0.2) is 0 Å². The monoisotopic (exact) mass is 269 g/mol. The Labute approximate surface area is 115 Å². The van der Waals surface area contributed by atoms with Gasteiger partial charge in [0.15, 0.2) is 0 Å². The Balaban J connectivity index is 2.25. The fraction of sp³-hybridized carbons (Fsp3) is 0.0714. The minimum Gasteiger partial charge on any atom is -0.457 e. The molecule has 0 saturated heterocycles. The first-order valence-corrected chi connectivity index (χ1v) is 5.79. The summed E-state index contributed by atoms with van der Waals surface area (Å²) >= 11 is 0. The second-order valence-electron chi connectivity index (χ2n) is 4.00. The number of ether oxygens (including phenoxy) is 1. The van der Waals surface area contributed by atoms with E-state index in [1.165, 1.54) is 18.2 Å². The first-order valence-electron chi connectivity index (χ1n) is 5.79. The van der Waals surface area contributed by atoms with Crippen molar-refractivity contribution in [2.45, 2.75) is 6.54 Å². The molecule has 2 aromatic carbocycles.